The lowest BCUT2D eigenvalue weighted by atomic mass is 10.1. The number of nitrogens with one attached hydrogen (secondary N) is 4. The molecule has 2 aromatic carbocycles. The van der Waals surface area contributed by atoms with Crippen molar-refractivity contribution in [3.8, 4) is 5.75 Å². The Morgan fingerprint density at radius 1 is 0.875 bits per heavy atom. The van der Waals surface area contributed by atoms with E-state index in [-0.39, 0.29) is 18.6 Å². The number of nitrogens with zero attached hydrogens (tertiary/aromatic N) is 2. The fourth-order valence-corrected chi connectivity index (χ4v) is 5.18. The van der Waals surface area contributed by atoms with Crippen molar-refractivity contribution in [2.75, 3.05) is 92.8 Å². The van der Waals surface area contributed by atoms with E-state index in [9.17, 15) is 4.79 Å². The number of amidine groups is 1. The predicted molar refractivity (Wildman–Crippen MR) is 272 cm³/mol. The van der Waals surface area contributed by atoms with Gasteiger partial charge in [-0.05, 0) is 109 Å². The van der Waals surface area contributed by atoms with Crippen LogP contribution >= 0.6 is 0 Å². The Bertz CT molecular complexity index is 1390. The van der Waals surface area contributed by atoms with E-state index >= 15 is 0 Å². The second-order valence-electron chi connectivity index (χ2n) is 14.1. The van der Waals surface area contributed by atoms with Gasteiger partial charge in [-0.25, -0.2) is 0 Å². The first kappa shape index (κ1) is 66.4. The lowest BCUT2D eigenvalue weighted by Crippen LogP contribution is -2.51. The molecule has 0 bridgehead atoms. The number of benzene rings is 2. The Labute approximate surface area is 390 Å². The van der Waals surface area contributed by atoms with Crippen LogP contribution in [0.4, 0.5) is 5.69 Å². The molecular formula is C50H93N7O7. The smallest absolute Gasteiger partial charge is 0.303 e. The van der Waals surface area contributed by atoms with Gasteiger partial charge in [-0.3, -0.25) is 20.5 Å². The summed E-state index contributed by atoms with van der Waals surface area (Å²) in [6.07, 6.45) is 12.8. The number of aliphatic carboxylic acids is 1. The molecule has 0 fully saturated rings. The van der Waals surface area contributed by atoms with Crippen LogP contribution in [0.15, 0.2) is 65.7 Å². The summed E-state index contributed by atoms with van der Waals surface area (Å²) < 4.78 is 22.0. The van der Waals surface area contributed by atoms with Crippen molar-refractivity contribution >= 4 is 30.0 Å². The van der Waals surface area contributed by atoms with Gasteiger partial charge in [0, 0.05) is 45.5 Å². The number of anilines is 1. The van der Waals surface area contributed by atoms with E-state index in [1.807, 2.05) is 109 Å². The van der Waals surface area contributed by atoms with Crippen molar-refractivity contribution in [1.29, 1.82) is 5.41 Å². The molecule has 2 rings (SSSR count). The third kappa shape index (κ3) is 41.8. The lowest BCUT2D eigenvalue weighted by molar-refractivity contribution is -0.137. The number of nitrogens with two attached hydrogens (primary N) is 1. The van der Waals surface area contributed by atoms with Crippen molar-refractivity contribution in [1.82, 2.24) is 15.5 Å². The molecule has 2 aromatic rings. The SMILES string of the molecule is C/C=C\C(=NC)C(NC)N(C)C(=N)CNc1cccc(C)c1.C=O.CC.CCCCC.CCNC.C[C@@H](N)c1cccc(OCCCCCCOCCOCCOCCCC(=O)O)c1. The molecule has 0 aliphatic carbocycles. The van der Waals surface area contributed by atoms with E-state index in [0.29, 0.717) is 51.8 Å². The number of hydrogen-bond acceptors (Lipinski definition) is 12. The highest BCUT2D eigenvalue weighted by Gasteiger charge is 2.19. The molecule has 370 valence electrons. The van der Waals surface area contributed by atoms with Crippen molar-refractivity contribution in [2.45, 2.75) is 125 Å². The van der Waals surface area contributed by atoms with E-state index in [2.05, 4.69) is 60.8 Å². The molecule has 1 unspecified atom stereocenters. The number of allylic oxidation sites excluding steroid dienone is 1. The minimum absolute atomic E-state index is 0.0210. The number of carbonyl (C=O) groups excluding carboxylic acids is 1. The van der Waals surface area contributed by atoms with Gasteiger partial charge in [0.15, 0.2) is 0 Å². The van der Waals surface area contributed by atoms with E-state index in [1.165, 1.54) is 24.8 Å². The maximum absolute atomic E-state index is 10.3. The fourth-order valence-electron chi connectivity index (χ4n) is 5.18. The van der Waals surface area contributed by atoms with Crippen LogP contribution in [0, 0.1) is 12.3 Å². The highest BCUT2D eigenvalue weighted by atomic mass is 16.5. The lowest BCUT2D eigenvalue weighted by Gasteiger charge is -2.30. The largest absolute Gasteiger partial charge is 0.494 e. The van der Waals surface area contributed by atoms with Crippen LogP contribution in [0.5, 0.6) is 5.75 Å². The molecule has 0 spiro atoms. The van der Waals surface area contributed by atoms with E-state index in [4.69, 9.17) is 40.0 Å². The van der Waals surface area contributed by atoms with Gasteiger partial charge in [-0.2, -0.15) is 0 Å². The highest BCUT2D eigenvalue weighted by Crippen LogP contribution is 2.18. The van der Waals surface area contributed by atoms with Gasteiger partial charge in [-0.15, -0.1) is 0 Å². The zero-order chi connectivity index (χ0) is 49.2. The number of carboxylic acid groups (broad SMARTS) is 1. The van der Waals surface area contributed by atoms with Crippen molar-refractivity contribution < 1.29 is 33.6 Å². The number of carboxylic acids is 1. The molecule has 0 saturated carbocycles. The molecule has 0 aromatic heterocycles. The Morgan fingerprint density at radius 2 is 1.42 bits per heavy atom. The number of rotatable bonds is 29. The summed E-state index contributed by atoms with van der Waals surface area (Å²) in [6.45, 7) is 24.0. The fraction of sp³-hybridized carbons (Fsp3) is 0.640. The second-order valence-corrected chi connectivity index (χ2v) is 14.1. The summed E-state index contributed by atoms with van der Waals surface area (Å²) in [5, 5.41) is 26.2. The number of hydrogen-bond donors (Lipinski definition) is 6. The minimum atomic E-state index is -0.793. The topological polar surface area (TPSA) is 193 Å². The third-order valence-electron chi connectivity index (χ3n) is 8.76. The van der Waals surface area contributed by atoms with Crippen LogP contribution in [0.1, 0.15) is 123 Å². The zero-order valence-electron chi connectivity index (χ0n) is 42.2. The number of aryl methyl sites for hydroxylation is 1. The van der Waals surface area contributed by atoms with Crippen molar-refractivity contribution in [3.63, 3.8) is 0 Å². The summed E-state index contributed by atoms with van der Waals surface area (Å²) in [5.74, 6) is 0.582. The van der Waals surface area contributed by atoms with Gasteiger partial charge in [0.2, 0.25) is 0 Å². The van der Waals surface area contributed by atoms with Gasteiger partial charge in [-0.1, -0.05) is 90.6 Å². The molecule has 2 atom stereocenters. The summed E-state index contributed by atoms with van der Waals surface area (Å²) in [5.41, 5.74) is 10.1. The first-order valence-corrected chi connectivity index (χ1v) is 23.2. The van der Waals surface area contributed by atoms with Crippen LogP contribution in [-0.2, 0) is 23.8 Å². The third-order valence-corrected chi connectivity index (χ3v) is 8.76. The van der Waals surface area contributed by atoms with E-state index in [0.717, 1.165) is 68.2 Å². The van der Waals surface area contributed by atoms with Crippen molar-refractivity contribution in [3.05, 3.63) is 71.8 Å². The monoisotopic (exact) mass is 904 g/mol. The summed E-state index contributed by atoms with van der Waals surface area (Å²) >= 11 is 0. The molecule has 64 heavy (non-hydrogen) atoms. The maximum atomic E-state index is 10.3. The summed E-state index contributed by atoms with van der Waals surface area (Å²) in [4.78, 5) is 24.5. The van der Waals surface area contributed by atoms with Crippen LogP contribution in [0.2, 0.25) is 0 Å². The molecule has 14 heteroatoms. The first-order chi connectivity index (χ1) is 30.9. The highest BCUT2D eigenvalue weighted by molar-refractivity contribution is 6.01. The number of aliphatic imine (C=N–C) groups is 1. The van der Waals surface area contributed by atoms with Crippen LogP contribution < -0.4 is 26.4 Å². The first-order valence-electron chi connectivity index (χ1n) is 23.2. The van der Waals surface area contributed by atoms with Crippen LogP contribution in [-0.4, -0.2) is 128 Å². The van der Waals surface area contributed by atoms with Crippen LogP contribution in [0.25, 0.3) is 0 Å². The summed E-state index contributed by atoms with van der Waals surface area (Å²) in [7, 11) is 7.47. The van der Waals surface area contributed by atoms with Gasteiger partial charge in [0.1, 0.15) is 24.5 Å². The molecule has 0 aliphatic rings. The van der Waals surface area contributed by atoms with Gasteiger partial charge in [0.25, 0.3) is 0 Å². The summed E-state index contributed by atoms with van der Waals surface area (Å²) in [6, 6.07) is 16.1. The zero-order valence-corrected chi connectivity index (χ0v) is 42.2. The standard InChI is InChI=1S/C22H37NO6.C17H27N5.C5H12.C3H9N.C2H6.CH2O/c1-19(23)20-8-6-9-21(18-20)29-13-5-3-2-4-11-26-14-16-28-17-15-27-12-7-10-22(24)25;1-6-8-15(19-3)17(20-4)22(5)16(18)12-21-14-10-7-9-13(2)11-14;1-3-5-4-2;1-3-4-2;2*1-2/h6,8-9,18-19H,2-5,7,10-17,23H2,1H3,(H,24,25);6-11,17-18,20-21H,12H2,1-5H3;3-5H2,1-2H3;4H,3H2,1-2H3;1-2H3;1H2/b;8-6-,18-16?,19-15?;;;;/t19-;;;;;/m1...../s1. The predicted octanol–water partition coefficient (Wildman–Crippen LogP) is 9.33. The molecular weight excluding hydrogens is 811 g/mol. The van der Waals surface area contributed by atoms with Gasteiger partial charge >= 0.3 is 5.97 Å². The Morgan fingerprint density at radius 3 is 1.89 bits per heavy atom. The molecule has 0 aliphatic heterocycles. The van der Waals surface area contributed by atoms with E-state index in [1.54, 1.807) is 7.05 Å². The Hall–Kier alpha value is -4.18. The second kappa shape index (κ2) is 51.5. The quantitative estimate of drug-likeness (QED) is 0.0197. The molecule has 0 heterocycles. The Kier molecular flexibility index (Phi) is 53.4. The average Bonchev–Trinajstić information content (AvgIpc) is 3.31. The van der Waals surface area contributed by atoms with Gasteiger partial charge in [0.05, 0.1) is 45.3 Å². The van der Waals surface area contributed by atoms with Crippen molar-refractivity contribution in [2.24, 2.45) is 10.7 Å². The number of carbonyl (C=O) groups is 2. The maximum Gasteiger partial charge on any atom is 0.303 e. The minimum Gasteiger partial charge on any atom is -0.494 e. The molecule has 0 radical (unpaired) electrons. The van der Waals surface area contributed by atoms with Crippen LogP contribution in [0.3, 0.4) is 0 Å². The molecule has 0 saturated heterocycles. The molecule has 0 amide bonds. The Balaban J connectivity index is -0.000000451. The molecule has 7 N–H and O–H groups in total. The average molecular weight is 904 g/mol. The van der Waals surface area contributed by atoms with E-state index < -0.39 is 5.97 Å². The molecule has 14 nitrogen and oxygen atoms in total. The normalized spacial score (nSPS) is 11.3. The number of ether oxygens (including phenoxy) is 4. The number of likely N-dealkylation sites (N-methyl/N-ethyl adjacent to an activating group) is 1. The van der Waals surface area contributed by atoms with Gasteiger partial charge < -0.3 is 50.1 Å². The number of unbranched alkanes of at least 4 members (excludes halogenated alkanes) is 5.